The molecule has 1 fully saturated rings. The molecule has 6 heteroatoms. The van der Waals surface area contributed by atoms with Crippen LogP contribution in [0.2, 0.25) is 5.02 Å². The summed E-state index contributed by atoms with van der Waals surface area (Å²) in [5, 5.41) is 15.4. The van der Waals surface area contributed by atoms with Gasteiger partial charge in [-0.15, -0.1) is 0 Å². The van der Waals surface area contributed by atoms with Gasteiger partial charge in [-0.2, -0.15) is 5.10 Å². The SMILES string of the molecule is O=C(O)C1CC(n2ccc(Cc3c[nH]c4ccc(Cl)cc34)n2)C1. The van der Waals surface area contributed by atoms with Gasteiger partial charge in [0, 0.05) is 34.7 Å². The average Bonchev–Trinajstić information content (AvgIpc) is 3.05. The molecule has 1 saturated carbocycles. The fourth-order valence-corrected chi connectivity index (χ4v) is 3.34. The fraction of sp³-hybridized carbons (Fsp3) is 0.294. The minimum Gasteiger partial charge on any atom is -0.481 e. The number of aromatic nitrogens is 3. The summed E-state index contributed by atoms with van der Waals surface area (Å²) < 4.78 is 1.90. The summed E-state index contributed by atoms with van der Waals surface area (Å²) in [6.45, 7) is 0. The third kappa shape index (κ3) is 2.61. The molecule has 0 aliphatic heterocycles. The van der Waals surface area contributed by atoms with Gasteiger partial charge < -0.3 is 10.1 Å². The van der Waals surface area contributed by atoms with Gasteiger partial charge in [0.05, 0.1) is 17.7 Å². The second-order valence-corrected chi connectivity index (χ2v) is 6.56. The molecule has 2 heterocycles. The molecular formula is C17H16ClN3O2. The Bertz CT molecular complexity index is 877. The van der Waals surface area contributed by atoms with Crippen LogP contribution < -0.4 is 0 Å². The molecule has 118 valence electrons. The van der Waals surface area contributed by atoms with Crippen LogP contribution in [0.4, 0.5) is 0 Å². The Labute approximate surface area is 137 Å². The Morgan fingerprint density at radius 2 is 2.22 bits per heavy atom. The first kappa shape index (κ1) is 14.3. The zero-order valence-electron chi connectivity index (χ0n) is 12.4. The van der Waals surface area contributed by atoms with E-state index in [1.165, 1.54) is 0 Å². The van der Waals surface area contributed by atoms with E-state index >= 15 is 0 Å². The van der Waals surface area contributed by atoms with Crippen molar-refractivity contribution >= 4 is 28.5 Å². The van der Waals surface area contributed by atoms with Crippen LogP contribution in [0.5, 0.6) is 0 Å². The predicted molar refractivity (Wildman–Crippen MR) is 87.7 cm³/mol. The minimum absolute atomic E-state index is 0.210. The summed E-state index contributed by atoms with van der Waals surface area (Å²) in [6, 6.07) is 8.01. The number of hydrogen-bond acceptors (Lipinski definition) is 2. The second-order valence-electron chi connectivity index (χ2n) is 6.13. The summed E-state index contributed by atoms with van der Waals surface area (Å²) in [5.74, 6) is -0.923. The average molecular weight is 330 g/mol. The topological polar surface area (TPSA) is 70.9 Å². The van der Waals surface area contributed by atoms with Gasteiger partial charge in [0.15, 0.2) is 0 Å². The molecule has 4 rings (SSSR count). The standard InChI is InChI=1S/C17H16ClN3O2/c18-12-1-2-16-15(8-12)11(9-19-16)5-13-3-4-21(20-13)14-6-10(7-14)17(22)23/h1-4,8-10,14,19H,5-7H2,(H,22,23). The van der Waals surface area contributed by atoms with Crippen molar-refractivity contribution in [3.05, 3.63) is 52.9 Å². The Morgan fingerprint density at radius 3 is 3.00 bits per heavy atom. The van der Waals surface area contributed by atoms with E-state index in [1.54, 1.807) is 0 Å². The lowest BCUT2D eigenvalue weighted by Crippen LogP contribution is -2.32. The molecule has 1 aromatic carbocycles. The van der Waals surface area contributed by atoms with Crippen molar-refractivity contribution in [3.8, 4) is 0 Å². The summed E-state index contributed by atoms with van der Waals surface area (Å²) in [7, 11) is 0. The van der Waals surface area contributed by atoms with Crippen LogP contribution in [0, 0.1) is 5.92 Å². The number of aromatic amines is 1. The first-order valence-electron chi connectivity index (χ1n) is 7.62. The molecule has 0 bridgehead atoms. The number of nitrogens with one attached hydrogen (secondary N) is 1. The summed E-state index contributed by atoms with van der Waals surface area (Å²) in [4.78, 5) is 14.1. The normalized spacial score (nSPS) is 20.6. The highest BCUT2D eigenvalue weighted by Crippen LogP contribution is 2.37. The number of fused-ring (bicyclic) bond motifs is 1. The van der Waals surface area contributed by atoms with Crippen molar-refractivity contribution < 1.29 is 9.90 Å². The molecule has 1 aliphatic carbocycles. The number of carboxylic acid groups (broad SMARTS) is 1. The molecule has 3 aromatic rings. The third-order valence-corrected chi connectivity index (χ3v) is 4.84. The maximum absolute atomic E-state index is 10.9. The monoisotopic (exact) mass is 329 g/mol. The number of rotatable bonds is 4. The highest BCUT2D eigenvalue weighted by molar-refractivity contribution is 6.31. The molecule has 0 spiro atoms. The van der Waals surface area contributed by atoms with E-state index in [0.29, 0.717) is 12.8 Å². The summed E-state index contributed by atoms with van der Waals surface area (Å²) in [6.07, 6.45) is 5.99. The fourth-order valence-electron chi connectivity index (χ4n) is 3.17. The minimum atomic E-state index is -0.704. The second kappa shape index (κ2) is 5.42. The van der Waals surface area contributed by atoms with Gasteiger partial charge in [-0.3, -0.25) is 9.48 Å². The van der Waals surface area contributed by atoms with Crippen LogP contribution >= 0.6 is 11.6 Å². The van der Waals surface area contributed by atoms with E-state index in [2.05, 4.69) is 10.1 Å². The van der Waals surface area contributed by atoms with E-state index in [4.69, 9.17) is 16.7 Å². The van der Waals surface area contributed by atoms with Crippen LogP contribution in [0.1, 0.15) is 30.1 Å². The maximum atomic E-state index is 10.9. The summed E-state index contributed by atoms with van der Waals surface area (Å²) in [5.41, 5.74) is 3.20. The van der Waals surface area contributed by atoms with E-state index in [0.717, 1.165) is 33.6 Å². The molecule has 0 radical (unpaired) electrons. The Morgan fingerprint density at radius 1 is 1.39 bits per heavy atom. The van der Waals surface area contributed by atoms with Crippen LogP contribution in [0.15, 0.2) is 36.7 Å². The van der Waals surface area contributed by atoms with E-state index in [9.17, 15) is 4.79 Å². The molecule has 2 N–H and O–H groups in total. The van der Waals surface area contributed by atoms with Crippen molar-refractivity contribution in [2.45, 2.75) is 25.3 Å². The molecular weight excluding hydrogens is 314 g/mol. The van der Waals surface area contributed by atoms with Crippen molar-refractivity contribution in [1.29, 1.82) is 0 Å². The Kier molecular flexibility index (Phi) is 3.38. The van der Waals surface area contributed by atoms with Crippen LogP contribution in [-0.4, -0.2) is 25.8 Å². The maximum Gasteiger partial charge on any atom is 0.306 e. The Hall–Kier alpha value is -2.27. The number of halogens is 1. The molecule has 23 heavy (non-hydrogen) atoms. The van der Waals surface area contributed by atoms with E-state index in [-0.39, 0.29) is 12.0 Å². The largest absolute Gasteiger partial charge is 0.481 e. The van der Waals surface area contributed by atoms with Gasteiger partial charge in [0.2, 0.25) is 0 Å². The number of carbonyl (C=O) groups is 1. The number of carboxylic acids is 1. The van der Waals surface area contributed by atoms with Crippen molar-refractivity contribution in [1.82, 2.24) is 14.8 Å². The smallest absolute Gasteiger partial charge is 0.306 e. The molecule has 0 amide bonds. The van der Waals surface area contributed by atoms with Gasteiger partial charge in [-0.25, -0.2) is 0 Å². The van der Waals surface area contributed by atoms with Crippen LogP contribution in [0.25, 0.3) is 10.9 Å². The Balaban J connectivity index is 1.51. The van der Waals surface area contributed by atoms with Gasteiger partial charge in [0.25, 0.3) is 0 Å². The molecule has 0 saturated heterocycles. The zero-order valence-corrected chi connectivity index (χ0v) is 13.1. The summed E-state index contributed by atoms with van der Waals surface area (Å²) >= 11 is 6.08. The number of hydrogen-bond donors (Lipinski definition) is 2. The van der Waals surface area contributed by atoms with E-state index in [1.807, 2.05) is 41.3 Å². The number of H-pyrrole nitrogens is 1. The van der Waals surface area contributed by atoms with Crippen LogP contribution in [0.3, 0.4) is 0 Å². The number of nitrogens with zero attached hydrogens (tertiary/aromatic N) is 2. The molecule has 1 aliphatic rings. The van der Waals surface area contributed by atoms with E-state index < -0.39 is 5.97 Å². The highest BCUT2D eigenvalue weighted by Gasteiger charge is 2.35. The van der Waals surface area contributed by atoms with Gasteiger partial charge >= 0.3 is 5.97 Å². The van der Waals surface area contributed by atoms with Gasteiger partial charge in [-0.05, 0) is 42.7 Å². The number of aliphatic carboxylic acids is 1. The van der Waals surface area contributed by atoms with Crippen LogP contribution in [-0.2, 0) is 11.2 Å². The van der Waals surface area contributed by atoms with Gasteiger partial charge in [0.1, 0.15) is 0 Å². The number of benzene rings is 1. The lowest BCUT2D eigenvalue weighted by atomic mass is 9.80. The lowest BCUT2D eigenvalue weighted by molar-refractivity contribution is -0.146. The first-order valence-corrected chi connectivity index (χ1v) is 8.00. The highest BCUT2D eigenvalue weighted by atomic mass is 35.5. The van der Waals surface area contributed by atoms with Gasteiger partial charge in [-0.1, -0.05) is 11.6 Å². The van der Waals surface area contributed by atoms with Crippen molar-refractivity contribution in [3.63, 3.8) is 0 Å². The van der Waals surface area contributed by atoms with Crippen molar-refractivity contribution in [2.75, 3.05) is 0 Å². The zero-order chi connectivity index (χ0) is 16.0. The quantitative estimate of drug-likeness (QED) is 0.767. The molecule has 0 unspecified atom stereocenters. The third-order valence-electron chi connectivity index (χ3n) is 4.60. The van der Waals surface area contributed by atoms with Crippen molar-refractivity contribution in [2.24, 2.45) is 5.92 Å². The first-order chi connectivity index (χ1) is 11.1. The molecule has 2 aromatic heterocycles. The molecule has 5 nitrogen and oxygen atoms in total. The molecule has 0 atom stereocenters. The lowest BCUT2D eigenvalue weighted by Gasteiger charge is -2.32. The predicted octanol–water partition coefficient (Wildman–Crippen LogP) is 3.64.